The van der Waals surface area contributed by atoms with E-state index in [0.717, 1.165) is 25.4 Å². The molecule has 0 amide bonds. The van der Waals surface area contributed by atoms with Gasteiger partial charge in [-0.1, -0.05) is 55.5 Å². The Kier molecular flexibility index (Phi) is 4.17. The Labute approximate surface area is 122 Å². The number of rotatable bonds is 6. The van der Waals surface area contributed by atoms with Gasteiger partial charge in [0.25, 0.3) is 0 Å². The van der Waals surface area contributed by atoms with E-state index in [2.05, 4.69) is 60.8 Å². The highest BCUT2D eigenvalue weighted by molar-refractivity contribution is 5.28. The summed E-state index contributed by atoms with van der Waals surface area (Å²) in [5.41, 5.74) is 5.66. The van der Waals surface area contributed by atoms with Crippen LogP contribution in [0.2, 0.25) is 0 Å². The number of nitrogens with one attached hydrogen (secondary N) is 1. The van der Waals surface area contributed by atoms with E-state index in [9.17, 15) is 0 Å². The summed E-state index contributed by atoms with van der Waals surface area (Å²) >= 11 is 0. The number of hydrogen-bond donors (Lipinski definition) is 1. The molecule has 1 N–H and O–H groups in total. The molecule has 3 rings (SSSR count). The first-order chi connectivity index (χ1) is 9.85. The lowest BCUT2D eigenvalue weighted by molar-refractivity contribution is 0.693. The van der Waals surface area contributed by atoms with E-state index in [1.54, 1.807) is 0 Å². The molecule has 0 saturated heterocycles. The molecule has 0 aliphatic heterocycles. The molecule has 0 radical (unpaired) electrons. The van der Waals surface area contributed by atoms with Crippen molar-refractivity contribution in [3.63, 3.8) is 0 Å². The smallest absolute Gasteiger partial charge is 0.0208 e. The molecule has 0 unspecified atom stereocenters. The molecule has 1 fully saturated rings. The molecular formula is C19H23N. The zero-order valence-electron chi connectivity index (χ0n) is 12.2. The zero-order chi connectivity index (χ0) is 13.8. The quantitative estimate of drug-likeness (QED) is 0.815. The number of benzene rings is 2. The average molecular weight is 265 g/mol. The molecule has 1 aliphatic carbocycles. The molecule has 0 aromatic heterocycles. The fourth-order valence-electron chi connectivity index (χ4n) is 2.57. The Bertz CT molecular complexity index is 535. The first kappa shape index (κ1) is 13.4. The molecule has 1 nitrogen and oxygen atoms in total. The van der Waals surface area contributed by atoms with Gasteiger partial charge in [0.05, 0.1) is 0 Å². The van der Waals surface area contributed by atoms with Gasteiger partial charge in [0.2, 0.25) is 0 Å². The Hall–Kier alpha value is -1.60. The molecule has 20 heavy (non-hydrogen) atoms. The van der Waals surface area contributed by atoms with Gasteiger partial charge < -0.3 is 5.32 Å². The van der Waals surface area contributed by atoms with Crippen LogP contribution in [-0.4, -0.2) is 0 Å². The van der Waals surface area contributed by atoms with Crippen LogP contribution in [0.15, 0.2) is 48.5 Å². The fourth-order valence-corrected chi connectivity index (χ4v) is 2.57. The van der Waals surface area contributed by atoms with E-state index in [4.69, 9.17) is 0 Å². The van der Waals surface area contributed by atoms with Crippen molar-refractivity contribution in [3.05, 3.63) is 70.8 Å². The average Bonchev–Trinajstić information content (AvgIpc) is 3.33. The van der Waals surface area contributed by atoms with Crippen molar-refractivity contribution in [2.75, 3.05) is 0 Å². The van der Waals surface area contributed by atoms with Crippen LogP contribution in [0.5, 0.6) is 0 Å². The minimum Gasteiger partial charge on any atom is -0.309 e. The minimum atomic E-state index is 0.856. The van der Waals surface area contributed by atoms with E-state index < -0.39 is 0 Å². The van der Waals surface area contributed by atoms with Crippen molar-refractivity contribution >= 4 is 0 Å². The van der Waals surface area contributed by atoms with Crippen molar-refractivity contribution in [2.45, 2.75) is 45.2 Å². The van der Waals surface area contributed by atoms with Crippen molar-refractivity contribution in [1.82, 2.24) is 5.32 Å². The van der Waals surface area contributed by atoms with Gasteiger partial charge in [0.15, 0.2) is 0 Å². The highest BCUT2D eigenvalue weighted by Crippen LogP contribution is 2.39. The van der Waals surface area contributed by atoms with Gasteiger partial charge in [0, 0.05) is 13.1 Å². The van der Waals surface area contributed by atoms with Crippen LogP contribution in [-0.2, 0) is 19.5 Å². The third-order valence-corrected chi connectivity index (χ3v) is 4.12. The van der Waals surface area contributed by atoms with E-state index >= 15 is 0 Å². The van der Waals surface area contributed by atoms with Gasteiger partial charge in [-0.3, -0.25) is 0 Å². The molecular weight excluding hydrogens is 242 g/mol. The second-order valence-corrected chi connectivity index (χ2v) is 5.79. The van der Waals surface area contributed by atoms with Crippen LogP contribution < -0.4 is 5.32 Å². The van der Waals surface area contributed by atoms with Crippen molar-refractivity contribution in [3.8, 4) is 0 Å². The molecule has 0 spiro atoms. The molecule has 1 heteroatoms. The van der Waals surface area contributed by atoms with Crippen LogP contribution in [0.4, 0.5) is 0 Å². The summed E-state index contributed by atoms with van der Waals surface area (Å²) in [6.45, 7) is 4.08. The number of aryl methyl sites for hydroxylation is 1. The van der Waals surface area contributed by atoms with Gasteiger partial charge in [0.1, 0.15) is 0 Å². The second-order valence-electron chi connectivity index (χ2n) is 5.79. The van der Waals surface area contributed by atoms with Gasteiger partial charge in [-0.2, -0.15) is 0 Å². The maximum absolute atomic E-state index is 3.52. The Morgan fingerprint density at radius 2 is 1.30 bits per heavy atom. The Morgan fingerprint density at radius 3 is 1.80 bits per heavy atom. The minimum absolute atomic E-state index is 0.856. The molecule has 2 aromatic carbocycles. The van der Waals surface area contributed by atoms with Crippen LogP contribution in [0.3, 0.4) is 0 Å². The van der Waals surface area contributed by atoms with Crippen LogP contribution in [0.1, 0.15) is 47.9 Å². The van der Waals surface area contributed by atoms with Gasteiger partial charge in [-0.15, -0.1) is 0 Å². The summed E-state index contributed by atoms with van der Waals surface area (Å²) in [7, 11) is 0. The molecule has 0 bridgehead atoms. The standard InChI is InChI=1S/C19H23N/c1-2-15-3-5-16(6-4-15)13-20-14-17-7-9-18(10-8-17)19-11-12-19/h3-10,19-20H,2,11-14H2,1H3. The molecule has 0 heterocycles. The molecule has 2 aromatic rings. The maximum Gasteiger partial charge on any atom is 0.0208 e. The van der Waals surface area contributed by atoms with E-state index in [1.165, 1.54) is 35.1 Å². The summed E-state index contributed by atoms with van der Waals surface area (Å²) in [6.07, 6.45) is 3.87. The summed E-state index contributed by atoms with van der Waals surface area (Å²) in [6, 6.07) is 18.0. The maximum atomic E-state index is 3.52. The van der Waals surface area contributed by atoms with Gasteiger partial charge in [-0.25, -0.2) is 0 Å². The summed E-state index contributed by atoms with van der Waals surface area (Å²) in [5, 5.41) is 3.52. The monoisotopic (exact) mass is 265 g/mol. The topological polar surface area (TPSA) is 12.0 Å². The molecule has 0 atom stereocenters. The third kappa shape index (κ3) is 3.49. The van der Waals surface area contributed by atoms with Crippen molar-refractivity contribution < 1.29 is 0 Å². The van der Waals surface area contributed by atoms with Crippen LogP contribution >= 0.6 is 0 Å². The summed E-state index contributed by atoms with van der Waals surface area (Å²) < 4.78 is 0. The molecule has 1 saturated carbocycles. The predicted molar refractivity (Wildman–Crippen MR) is 84.8 cm³/mol. The zero-order valence-corrected chi connectivity index (χ0v) is 12.2. The predicted octanol–water partition coefficient (Wildman–Crippen LogP) is 4.42. The lowest BCUT2D eigenvalue weighted by atomic mass is 10.1. The third-order valence-electron chi connectivity index (χ3n) is 4.12. The fraction of sp³-hybridized carbons (Fsp3) is 0.368. The highest BCUT2D eigenvalue weighted by Gasteiger charge is 2.22. The first-order valence-electron chi connectivity index (χ1n) is 7.72. The SMILES string of the molecule is CCc1ccc(CNCc2ccc(C3CC3)cc2)cc1. The lowest BCUT2D eigenvalue weighted by Crippen LogP contribution is -2.12. The Morgan fingerprint density at radius 1 is 0.800 bits per heavy atom. The normalized spacial score (nSPS) is 14.4. The van der Waals surface area contributed by atoms with Crippen molar-refractivity contribution in [2.24, 2.45) is 0 Å². The summed E-state index contributed by atoms with van der Waals surface area (Å²) in [5.74, 6) is 0.856. The molecule has 1 aliphatic rings. The van der Waals surface area contributed by atoms with Crippen molar-refractivity contribution in [1.29, 1.82) is 0 Å². The largest absolute Gasteiger partial charge is 0.309 e. The van der Waals surface area contributed by atoms with E-state index in [0.29, 0.717) is 0 Å². The lowest BCUT2D eigenvalue weighted by Gasteiger charge is -2.07. The second kappa shape index (κ2) is 6.23. The molecule has 104 valence electrons. The summed E-state index contributed by atoms with van der Waals surface area (Å²) in [4.78, 5) is 0. The Balaban J connectivity index is 1.48. The van der Waals surface area contributed by atoms with E-state index in [1.807, 2.05) is 0 Å². The van der Waals surface area contributed by atoms with Gasteiger partial charge >= 0.3 is 0 Å². The van der Waals surface area contributed by atoms with Crippen LogP contribution in [0.25, 0.3) is 0 Å². The van der Waals surface area contributed by atoms with E-state index in [-0.39, 0.29) is 0 Å². The first-order valence-corrected chi connectivity index (χ1v) is 7.72. The number of hydrogen-bond acceptors (Lipinski definition) is 1. The van der Waals surface area contributed by atoms with Gasteiger partial charge in [-0.05, 0) is 47.4 Å². The van der Waals surface area contributed by atoms with Crippen LogP contribution in [0, 0.1) is 0 Å². The highest BCUT2D eigenvalue weighted by atomic mass is 14.8.